The molecular formula is C13H16O. The molecular weight excluding hydrogens is 172 g/mol. The van der Waals surface area contributed by atoms with E-state index in [0.29, 0.717) is 0 Å². The van der Waals surface area contributed by atoms with Crippen molar-refractivity contribution in [1.29, 1.82) is 0 Å². The third-order valence-electron chi connectivity index (χ3n) is 2.13. The molecule has 0 radical (unpaired) electrons. The van der Waals surface area contributed by atoms with Gasteiger partial charge in [0.1, 0.15) is 6.10 Å². The summed E-state index contributed by atoms with van der Waals surface area (Å²) >= 11 is 0. The van der Waals surface area contributed by atoms with Gasteiger partial charge in [0.2, 0.25) is 0 Å². The van der Waals surface area contributed by atoms with Crippen LogP contribution in [0, 0.1) is 24.7 Å². The third-order valence-corrected chi connectivity index (χ3v) is 2.13. The van der Waals surface area contributed by atoms with Crippen molar-refractivity contribution < 1.29 is 5.11 Å². The Morgan fingerprint density at radius 2 is 1.86 bits per heavy atom. The van der Waals surface area contributed by atoms with Crippen LogP contribution >= 0.6 is 0 Å². The van der Waals surface area contributed by atoms with E-state index in [2.05, 4.69) is 11.8 Å². The second-order valence-corrected chi connectivity index (χ2v) is 3.77. The molecule has 1 atom stereocenters. The van der Waals surface area contributed by atoms with Crippen LogP contribution in [0.1, 0.15) is 25.0 Å². The average molecular weight is 188 g/mol. The quantitative estimate of drug-likeness (QED) is 0.671. The van der Waals surface area contributed by atoms with Crippen LogP contribution in [0.3, 0.4) is 0 Å². The topological polar surface area (TPSA) is 20.2 Å². The lowest BCUT2D eigenvalue weighted by molar-refractivity contribution is 0.181. The molecule has 1 heteroatoms. The summed E-state index contributed by atoms with van der Waals surface area (Å²) in [5.74, 6) is 6.03. The fourth-order valence-corrected chi connectivity index (χ4v) is 1.03. The Balaban J connectivity index is 2.83. The number of aliphatic hydroxyl groups excluding tert-OH is 1. The van der Waals surface area contributed by atoms with Crippen molar-refractivity contribution >= 4 is 0 Å². The highest BCUT2D eigenvalue weighted by Crippen LogP contribution is 2.05. The lowest BCUT2D eigenvalue weighted by atomic mass is 10.1. The van der Waals surface area contributed by atoms with Crippen molar-refractivity contribution in [2.75, 3.05) is 0 Å². The fraction of sp³-hybridized carbons (Fsp3) is 0.385. The minimum atomic E-state index is -0.533. The molecule has 1 N–H and O–H groups in total. The van der Waals surface area contributed by atoms with E-state index in [1.807, 2.05) is 45.0 Å². The molecule has 0 bridgehead atoms. The number of hydrogen-bond donors (Lipinski definition) is 1. The van der Waals surface area contributed by atoms with E-state index in [9.17, 15) is 5.11 Å². The van der Waals surface area contributed by atoms with Crippen molar-refractivity contribution in [1.82, 2.24) is 0 Å². The summed E-state index contributed by atoms with van der Waals surface area (Å²) in [5, 5.41) is 9.51. The molecule has 0 aliphatic carbocycles. The maximum absolute atomic E-state index is 9.51. The van der Waals surface area contributed by atoms with Crippen molar-refractivity contribution in [3.63, 3.8) is 0 Å². The minimum absolute atomic E-state index is 0.187. The number of aliphatic hydroxyl groups is 1. The number of benzene rings is 1. The van der Waals surface area contributed by atoms with E-state index < -0.39 is 6.10 Å². The molecule has 14 heavy (non-hydrogen) atoms. The summed E-state index contributed by atoms with van der Waals surface area (Å²) < 4.78 is 0. The summed E-state index contributed by atoms with van der Waals surface area (Å²) in [6, 6.07) is 7.93. The largest absolute Gasteiger partial charge is 0.380 e. The van der Waals surface area contributed by atoms with E-state index >= 15 is 0 Å². The van der Waals surface area contributed by atoms with Crippen molar-refractivity contribution in [3.8, 4) is 11.8 Å². The smallest absolute Gasteiger partial charge is 0.117 e. The Kier molecular flexibility index (Phi) is 3.73. The Hall–Kier alpha value is -1.26. The molecule has 0 saturated heterocycles. The van der Waals surface area contributed by atoms with Gasteiger partial charge in [-0.05, 0) is 24.5 Å². The van der Waals surface area contributed by atoms with Crippen LogP contribution in [0.15, 0.2) is 24.3 Å². The second kappa shape index (κ2) is 4.83. The molecule has 0 spiro atoms. The van der Waals surface area contributed by atoms with Crippen LogP contribution < -0.4 is 0 Å². The molecule has 0 amide bonds. The van der Waals surface area contributed by atoms with Crippen LogP contribution in [0.4, 0.5) is 0 Å². The van der Waals surface area contributed by atoms with E-state index in [0.717, 1.165) is 11.1 Å². The SMILES string of the molecule is Cc1ccccc1C#CC(O)C(C)C. The van der Waals surface area contributed by atoms with Crippen LogP contribution in [0.25, 0.3) is 0 Å². The summed E-state index contributed by atoms with van der Waals surface area (Å²) in [4.78, 5) is 0. The molecule has 1 unspecified atom stereocenters. The van der Waals surface area contributed by atoms with Crippen molar-refractivity contribution in [2.24, 2.45) is 5.92 Å². The zero-order chi connectivity index (χ0) is 10.6. The van der Waals surface area contributed by atoms with E-state index in [-0.39, 0.29) is 5.92 Å². The van der Waals surface area contributed by atoms with Crippen LogP contribution in [-0.2, 0) is 0 Å². The lowest BCUT2D eigenvalue weighted by Crippen LogP contribution is -2.11. The van der Waals surface area contributed by atoms with Gasteiger partial charge in [0.05, 0.1) is 0 Å². The first-order chi connectivity index (χ1) is 6.61. The van der Waals surface area contributed by atoms with E-state index in [1.165, 1.54) is 0 Å². The fourth-order valence-electron chi connectivity index (χ4n) is 1.03. The standard InChI is InChI=1S/C13H16O/c1-10(2)13(14)9-8-12-7-5-4-6-11(12)3/h4-7,10,13-14H,1-3H3. The summed E-state index contributed by atoms with van der Waals surface area (Å²) in [6.07, 6.45) is -0.533. The maximum Gasteiger partial charge on any atom is 0.117 e. The maximum atomic E-state index is 9.51. The number of rotatable bonds is 1. The monoisotopic (exact) mass is 188 g/mol. The van der Waals surface area contributed by atoms with Gasteiger partial charge in [-0.25, -0.2) is 0 Å². The summed E-state index contributed by atoms with van der Waals surface area (Å²) in [7, 11) is 0. The van der Waals surface area contributed by atoms with Gasteiger partial charge in [0.15, 0.2) is 0 Å². The van der Waals surface area contributed by atoms with Crippen molar-refractivity contribution in [2.45, 2.75) is 26.9 Å². The van der Waals surface area contributed by atoms with Crippen molar-refractivity contribution in [3.05, 3.63) is 35.4 Å². The zero-order valence-corrected chi connectivity index (χ0v) is 8.91. The second-order valence-electron chi connectivity index (χ2n) is 3.77. The molecule has 0 aromatic heterocycles. The summed E-state index contributed by atoms with van der Waals surface area (Å²) in [6.45, 7) is 5.93. The highest BCUT2D eigenvalue weighted by atomic mass is 16.3. The highest BCUT2D eigenvalue weighted by molar-refractivity contribution is 5.40. The molecule has 1 nitrogen and oxygen atoms in total. The summed E-state index contributed by atoms with van der Waals surface area (Å²) in [5.41, 5.74) is 2.14. The third kappa shape index (κ3) is 2.90. The zero-order valence-electron chi connectivity index (χ0n) is 8.91. The van der Waals surface area contributed by atoms with Crippen LogP contribution in [0.5, 0.6) is 0 Å². The Bertz CT molecular complexity index is 355. The van der Waals surface area contributed by atoms with Gasteiger partial charge in [-0.3, -0.25) is 0 Å². The molecule has 0 aliphatic heterocycles. The normalized spacial score (nSPS) is 12.1. The Morgan fingerprint density at radius 3 is 2.43 bits per heavy atom. The molecule has 0 saturated carbocycles. The van der Waals surface area contributed by atoms with Crippen LogP contribution in [0.2, 0.25) is 0 Å². The van der Waals surface area contributed by atoms with Gasteiger partial charge in [0.25, 0.3) is 0 Å². The molecule has 0 heterocycles. The molecule has 0 aliphatic rings. The van der Waals surface area contributed by atoms with Gasteiger partial charge in [-0.15, -0.1) is 0 Å². The van der Waals surface area contributed by atoms with Gasteiger partial charge in [0, 0.05) is 5.56 Å². The molecule has 74 valence electrons. The lowest BCUT2D eigenvalue weighted by Gasteiger charge is -2.05. The van der Waals surface area contributed by atoms with Gasteiger partial charge in [-0.2, -0.15) is 0 Å². The first kappa shape index (κ1) is 10.8. The molecule has 1 aromatic rings. The molecule has 0 fully saturated rings. The Morgan fingerprint density at radius 1 is 1.21 bits per heavy atom. The average Bonchev–Trinajstić information content (AvgIpc) is 2.16. The number of hydrogen-bond acceptors (Lipinski definition) is 1. The van der Waals surface area contributed by atoms with E-state index in [4.69, 9.17) is 0 Å². The van der Waals surface area contributed by atoms with Gasteiger partial charge in [-0.1, -0.05) is 43.9 Å². The van der Waals surface area contributed by atoms with Gasteiger partial charge < -0.3 is 5.11 Å². The first-order valence-electron chi connectivity index (χ1n) is 4.86. The first-order valence-corrected chi connectivity index (χ1v) is 4.86. The highest BCUT2D eigenvalue weighted by Gasteiger charge is 2.03. The molecule has 1 aromatic carbocycles. The molecule has 1 rings (SSSR count). The predicted molar refractivity (Wildman–Crippen MR) is 58.9 cm³/mol. The van der Waals surface area contributed by atoms with E-state index in [1.54, 1.807) is 0 Å². The Labute approximate surface area is 85.8 Å². The predicted octanol–water partition coefficient (Wildman–Crippen LogP) is 2.36. The van der Waals surface area contributed by atoms with Crippen LogP contribution in [-0.4, -0.2) is 11.2 Å². The minimum Gasteiger partial charge on any atom is -0.380 e. The number of aryl methyl sites for hydroxylation is 1. The van der Waals surface area contributed by atoms with Gasteiger partial charge >= 0.3 is 0 Å².